The monoisotopic (exact) mass is 379 g/mol. The first kappa shape index (κ1) is 17.5. The number of hydrogen-bond acceptors (Lipinski definition) is 5. The van der Waals surface area contributed by atoms with Crippen molar-refractivity contribution in [2.24, 2.45) is 0 Å². The highest BCUT2D eigenvalue weighted by Crippen LogP contribution is 2.34. The fraction of sp³-hybridized carbons (Fsp3) is 0.455. The first-order chi connectivity index (χ1) is 13.7. The molecule has 4 aliphatic heterocycles. The first-order valence-corrected chi connectivity index (χ1v) is 10.0. The van der Waals surface area contributed by atoms with Gasteiger partial charge in [-0.05, 0) is 36.1 Å². The van der Waals surface area contributed by atoms with Crippen LogP contribution in [0.15, 0.2) is 42.6 Å². The normalized spacial score (nSPS) is 26.3. The summed E-state index contributed by atoms with van der Waals surface area (Å²) >= 11 is 0. The van der Waals surface area contributed by atoms with Crippen molar-refractivity contribution < 1.29 is 14.3 Å². The van der Waals surface area contributed by atoms with E-state index in [2.05, 4.69) is 39.0 Å². The van der Waals surface area contributed by atoms with Crippen LogP contribution in [0.3, 0.4) is 0 Å². The zero-order valence-corrected chi connectivity index (χ0v) is 16.1. The first-order valence-electron chi connectivity index (χ1n) is 10.0. The number of ether oxygens (including phenoxy) is 2. The van der Waals surface area contributed by atoms with Crippen LogP contribution in [0.25, 0.3) is 0 Å². The van der Waals surface area contributed by atoms with E-state index in [0.29, 0.717) is 30.3 Å². The van der Waals surface area contributed by atoms with Crippen LogP contribution >= 0.6 is 0 Å². The molecule has 1 aromatic heterocycles. The van der Waals surface area contributed by atoms with Crippen molar-refractivity contribution in [3.8, 4) is 11.6 Å². The van der Waals surface area contributed by atoms with E-state index >= 15 is 0 Å². The van der Waals surface area contributed by atoms with E-state index in [9.17, 15) is 4.79 Å². The predicted molar refractivity (Wildman–Crippen MR) is 104 cm³/mol. The van der Waals surface area contributed by atoms with E-state index in [1.807, 2.05) is 12.1 Å². The minimum Gasteiger partial charge on any atom is -0.484 e. The number of carbonyl (C=O) groups excluding carboxylic acids is 1. The number of fused-ring (bicyclic) bond motifs is 4. The zero-order chi connectivity index (χ0) is 19.1. The summed E-state index contributed by atoms with van der Waals surface area (Å²) in [5.74, 6) is 1.47. The average molecular weight is 379 g/mol. The molecule has 0 saturated carbocycles. The summed E-state index contributed by atoms with van der Waals surface area (Å²) < 4.78 is 11.8. The number of aromatic nitrogens is 1. The van der Waals surface area contributed by atoms with Crippen molar-refractivity contribution in [2.75, 3.05) is 19.7 Å². The molecule has 1 amide bonds. The van der Waals surface area contributed by atoms with E-state index in [1.54, 1.807) is 13.1 Å². The van der Waals surface area contributed by atoms with Crippen molar-refractivity contribution in [3.63, 3.8) is 0 Å². The maximum Gasteiger partial charge on any atom is 0.257 e. The number of rotatable bonds is 3. The molecule has 2 aromatic rings. The van der Waals surface area contributed by atoms with Crippen LogP contribution in [-0.2, 0) is 11.3 Å². The van der Waals surface area contributed by atoms with Crippen LogP contribution in [0.1, 0.15) is 37.0 Å². The molecule has 6 nitrogen and oxygen atoms in total. The summed E-state index contributed by atoms with van der Waals surface area (Å²) in [4.78, 5) is 20.6. The molecule has 0 N–H and O–H groups in total. The lowest BCUT2D eigenvalue weighted by Crippen LogP contribution is -2.63. The fourth-order valence-electron chi connectivity index (χ4n) is 4.64. The molecule has 3 saturated heterocycles. The Hall–Kier alpha value is -2.60. The van der Waals surface area contributed by atoms with Crippen LogP contribution < -0.4 is 9.47 Å². The molecule has 3 fully saturated rings. The Balaban J connectivity index is 1.24. The number of carbonyl (C=O) groups is 1. The van der Waals surface area contributed by atoms with Crippen molar-refractivity contribution in [2.45, 2.75) is 44.5 Å². The molecule has 0 aliphatic carbocycles. The highest BCUT2D eigenvalue weighted by atomic mass is 16.6. The third-order valence-electron chi connectivity index (χ3n) is 6.16. The third kappa shape index (κ3) is 3.22. The van der Waals surface area contributed by atoms with Gasteiger partial charge in [-0.2, -0.15) is 0 Å². The van der Waals surface area contributed by atoms with Crippen molar-refractivity contribution in [1.82, 2.24) is 14.8 Å². The maximum atomic E-state index is 11.8. The van der Waals surface area contributed by atoms with E-state index in [1.165, 1.54) is 12.0 Å². The lowest BCUT2D eigenvalue weighted by atomic mass is 9.90. The molecule has 5 heterocycles. The zero-order valence-electron chi connectivity index (χ0n) is 16.1. The second kappa shape index (κ2) is 7.09. The molecule has 2 bridgehead atoms. The van der Waals surface area contributed by atoms with Crippen molar-refractivity contribution >= 4 is 5.91 Å². The van der Waals surface area contributed by atoms with Crippen LogP contribution in [0.4, 0.5) is 0 Å². The Morgan fingerprint density at radius 2 is 1.96 bits per heavy atom. The number of nitrogens with zero attached hydrogens (tertiary/aromatic N) is 3. The summed E-state index contributed by atoms with van der Waals surface area (Å²) in [5.41, 5.74) is 2.39. The van der Waals surface area contributed by atoms with Gasteiger partial charge in [-0.25, -0.2) is 4.98 Å². The van der Waals surface area contributed by atoms with Gasteiger partial charge < -0.3 is 14.4 Å². The number of piperazine rings is 1. The van der Waals surface area contributed by atoms with Gasteiger partial charge in [-0.1, -0.05) is 24.3 Å². The molecule has 1 aromatic carbocycles. The number of hydrogen-bond donors (Lipinski definition) is 0. The van der Waals surface area contributed by atoms with E-state index in [0.717, 1.165) is 31.6 Å². The number of pyridine rings is 1. The van der Waals surface area contributed by atoms with Gasteiger partial charge >= 0.3 is 0 Å². The number of amides is 1. The van der Waals surface area contributed by atoms with Crippen LogP contribution in [0, 0.1) is 0 Å². The third-order valence-corrected chi connectivity index (χ3v) is 6.16. The highest BCUT2D eigenvalue weighted by Gasteiger charge is 2.39. The molecular formula is C22H25N3O3. The molecular weight excluding hydrogens is 354 g/mol. The minimum atomic E-state index is -0.133. The van der Waals surface area contributed by atoms with Gasteiger partial charge in [0.2, 0.25) is 5.91 Å². The lowest BCUT2D eigenvalue weighted by Gasteiger charge is -2.51. The summed E-state index contributed by atoms with van der Waals surface area (Å²) in [5, 5.41) is 0. The number of piperidine rings is 2. The Morgan fingerprint density at radius 1 is 1.14 bits per heavy atom. The van der Waals surface area contributed by atoms with Gasteiger partial charge in [-0.15, -0.1) is 0 Å². The summed E-state index contributed by atoms with van der Waals surface area (Å²) in [6.45, 7) is 4.97. The molecule has 4 aliphatic rings. The Bertz CT molecular complexity index is 870. The second-order valence-corrected chi connectivity index (χ2v) is 7.95. The maximum absolute atomic E-state index is 11.8. The van der Waals surface area contributed by atoms with Crippen LogP contribution in [-0.4, -0.2) is 52.5 Å². The van der Waals surface area contributed by atoms with Gasteiger partial charge in [-0.3, -0.25) is 9.69 Å². The molecule has 0 unspecified atom stereocenters. The molecule has 28 heavy (non-hydrogen) atoms. The second-order valence-electron chi connectivity index (χ2n) is 7.95. The molecule has 0 radical (unpaired) electrons. The summed E-state index contributed by atoms with van der Waals surface area (Å²) in [7, 11) is 0. The van der Waals surface area contributed by atoms with Gasteiger partial charge in [0, 0.05) is 44.8 Å². The largest absolute Gasteiger partial charge is 0.484 e. The van der Waals surface area contributed by atoms with E-state index < -0.39 is 0 Å². The molecule has 6 rings (SSSR count). The van der Waals surface area contributed by atoms with Gasteiger partial charge in [0.15, 0.2) is 11.9 Å². The Morgan fingerprint density at radius 3 is 2.71 bits per heavy atom. The standard InChI is InChI=1S/C22H25N3O3/c1-15(26)25-13-18-8-9-19(25)12-24(18)11-16-4-6-17(7-5-16)21-14-27-20-3-2-10-23-22(20)28-21/h2-7,10,18-19,21H,8-9,11-14H2,1H3/t18-,19+,21-/m1/s1. The predicted octanol–water partition coefficient (Wildman–Crippen LogP) is 2.79. The van der Waals surface area contributed by atoms with Crippen molar-refractivity contribution in [3.05, 3.63) is 53.7 Å². The van der Waals surface area contributed by atoms with Gasteiger partial charge in [0.25, 0.3) is 5.88 Å². The van der Waals surface area contributed by atoms with Gasteiger partial charge in [0.05, 0.1) is 0 Å². The van der Waals surface area contributed by atoms with Crippen molar-refractivity contribution in [1.29, 1.82) is 0 Å². The number of benzene rings is 1. The molecule has 0 spiro atoms. The molecule has 6 heteroatoms. The summed E-state index contributed by atoms with van der Waals surface area (Å²) in [6.07, 6.45) is 3.90. The van der Waals surface area contributed by atoms with Crippen LogP contribution in [0.2, 0.25) is 0 Å². The fourth-order valence-corrected chi connectivity index (χ4v) is 4.64. The summed E-state index contributed by atoms with van der Waals surface area (Å²) in [6, 6.07) is 13.2. The van der Waals surface area contributed by atoms with E-state index in [-0.39, 0.29) is 12.0 Å². The van der Waals surface area contributed by atoms with Crippen LogP contribution in [0.5, 0.6) is 11.6 Å². The SMILES string of the molecule is CC(=O)N1C[C@H]2CC[C@H]1CN2Cc1ccc([C@H]2COc3cccnc3O2)cc1. The smallest absolute Gasteiger partial charge is 0.257 e. The van der Waals surface area contributed by atoms with Gasteiger partial charge in [0.1, 0.15) is 6.61 Å². The Labute approximate surface area is 165 Å². The highest BCUT2D eigenvalue weighted by molar-refractivity contribution is 5.74. The minimum absolute atomic E-state index is 0.133. The van der Waals surface area contributed by atoms with E-state index in [4.69, 9.17) is 9.47 Å². The molecule has 146 valence electrons. The topological polar surface area (TPSA) is 54.9 Å². The average Bonchev–Trinajstić information content (AvgIpc) is 2.74. The Kier molecular flexibility index (Phi) is 4.43. The molecule has 3 atom stereocenters. The quantitative estimate of drug-likeness (QED) is 0.821. The lowest BCUT2D eigenvalue weighted by molar-refractivity contribution is -0.139.